The normalized spacial score (nSPS) is 16.3. The Hall–Kier alpha value is -3.31. The average Bonchev–Trinajstić information content (AvgIpc) is 3.35. The van der Waals surface area contributed by atoms with Crippen LogP contribution in [-0.4, -0.2) is 73.0 Å². The van der Waals surface area contributed by atoms with Gasteiger partial charge in [-0.25, -0.2) is 18.8 Å². The first kappa shape index (κ1) is 23.4. The van der Waals surface area contributed by atoms with Gasteiger partial charge in [0.1, 0.15) is 18.8 Å². The lowest BCUT2D eigenvalue weighted by atomic mass is 10.1. The predicted octanol–water partition coefficient (Wildman–Crippen LogP) is -0.741. The Bertz CT molecular complexity index is 1190. The van der Waals surface area contributed by atoms with E-state index in [4.69, 9.17) is 5.73 Å². The fourth-order valence-electron chi connectivity index (χ4n) is 2.49. The van der Waals surface area contributed by atoms with Crippen molar-refractivity contribution in [3.05, 3.63) is 22.0 Å². The van der Waals surface area contributed by atoms with Crippen LogP contribution in [0.25, 0.3) is 0 Å². The molecular formula is C15H18N8O6S3. The van der Waals surface area contributed by atoms with E-state index in [0.717, 1.165) is 32.1 Å². The number of hydrogen-bond donors (Lipinski definition) is 3. The standard InChI is InChI=1S/C15H18N8O6S3/c1-7-4-10(20-31-7)22(2)32(27,28)21-15(26)23-5-8(13(23)25)17-12(24)11(19-29-3)9-6-30-14(16)18-9/h4,6,8H,5H2,1-3H3,(H2,16,18)(H,17,24)(H,21,26)/t8-/m0/s1. The molecule has 0 aromatic carbocycles. The van der Waals surface area contributed by atoms with E-state index in [9.17, 15) is 22.8 Å². The highest BCUT2D eigenvalue weighted by molar-refractivity contribution is 7.91. The number of carbonyl (C=O) groups is 3. The van der Waals surface area contributed by atoms with Crippen LogP contribution in [0.4, 0.5) is 15.7 Å². The number of anilines is 2. The maximum Gasteiger partial charge on any atom is 0.339 e. The Morgan fingerprint density at radius 3 is 2.69 bits per heavy atom. The highest BCUT2D eigenvalue weighted by Gasteiger charge is 2.44. The van der Waals surface area contributed by atoms with Gasteiger partial charge in [-0.2, -0.15) is 12.8 Å². The van der Waals surface area contributed by atoms with Gasteiger partial charge in [-0.1, -0.05) is 5.16 Å². The molecule has 3 heterocycles. The number of nitrogens with two attached hydrogens (primary N) is 1. The third-order valence-corrected chi connectivity index (χ3v) is 6.86. The van der Waals surface area contributed by atoms with Gasteiger partial charge in [-0.3, -0.25) is 14.5 Å². The molecule has 0 unspecified atom stereocenters. The average molecular weight is 503 g/mol. The van der Waals surface area contributed by atoms with Crippen molar-refractivity contribution in [3.8, 4) is 0 Å². The molecular weight excluding hydrogens is 484 g/mol. The topological polar surface area (TPSA) is 189 Å². The molecule has 32 heavy (non-hydrogen) atoms. The second kappa shape index (κ2) is 9.05. The van der Waals surface area contributed by atoms with Crippen molar-refractivity contribution in [1.82, 2.24) is 24.3 Å². The molecule has 2 aromatic rings. The summed E-state index contributed by atoms with van der Waals surface area (Å²) < 4.78 is 31.3. The van der Waals surface area contributed by atoms with Gasteiger partial charge in [0, 0.05) is 17.3 Å². The van der Waals surface area contributed by atoms with Crippen LogP contribution >= 0.6 is 22.9 Å². The SMILES string of the molecule is CON=C(C(=O)N[C@H]1CN(C(=O)NS(=O)(=O)N(C)c2cc(C)sn2)C1=O)c1csc(N)n1. The number of oxime groups is 1. The van der Waals surface area contributed by atoms with Crippen LogP contribution in [-0.2, 0) is 24.6 Å². The van der Waals surface area contributed by atoms with E-state index >= 15 is 0 Å². The lowest BCUT2D eigenvalue weighted by Crippen LogP contribution is -2.68. The van der Waals surface area contributed by atoms with Gasteiger partial charge in [-0.05, 0) is 24.5 Å². The van der Waals surface area contributed by atoms with Gasteiger partial charge in [0.2, 0.25) is 0 Å². The minimum atomic E-state index is -4.30. The van der Waals surface area contributed by atoms with Crippen molar-refractivity contribution in [3.63, 3.8) is 0 Å². The zero-order valence-electron chi connectivity index (χ0n) is 16.9. The monoisotopic (exact) mass is 502 g/mol. The second-order valence-corrected chi connectivity index (χ2v) is 9.94. The molecule has 4 amide bonds. The summed E-state index contributed by atoms with van der Waals surface area (Å²) >= 11 is 2.18. The maximum atomic E-state index is 12.5. The smallest absolute Gasteiger partial charge is 0.339 e. The van der Waals surface area contributed by atoms with Gasteiger partial charge in [0.05, 0.1) is 6.54 Å². The molecule has 17 heteroatoms. The molecule has 172 valence electrons. The number of urea groups is 1. The number of nitrogen functional groups attached to an aromatic ring is 1. The van der Waals surface area contributed by atoms with Crippen LogP contribution in [0.15, 0.2) is 16.6 Å². The number of hydrogen-bond acceptors (Lipinski definition) is 12. The van der Waals surface area contributed by atoms with Crippen LogP contribution in [0.5, 0.6) is 0 Å². The number of imide groups is 1. The fourth-order valence-corrected chi connectivity index (χ4v) is 4.47. The highest BCUT2D eigenvalue weighted by atomic mass is 32.2. The molecule has 0 bridgehead atoms. The summed E-state index contributed by atoms with van der Waals surface area (Å²) in [6.45, 7) is 1.50. The summed E-state index contributed by atoms with van der Waals surface area (Å²) in [6, 6.07) is -0.686. The Kier molecular flexibility index (Phi) is 6.60. The molecule has 0 aliphatic carbocycles. The minimum Gasteiger partial charge on any atom is -0.398 e. The van der Waals surface area contributed by atoms with Gasteiger partial charge in [0.25, 0.3) is 11.8 Å². The number of carbonyl (C=O) groups excluding carboxylic acids is 3. The molecule has 14 nitrogen and oxygen atoms in total. The number of rotatable bonds is 7. The third-order valence-electron chi connectivity index (χ3n) is 4.16. The van der Waals surface area contributed by atoms with E-state index in [1.165, 1.54) is 25.6 Å². The summed E-state index contributed by atoms with van der Waals surface area (Å²) in [6.07, 6.45) is 0. The van der Waals surface area contributed by atoms with Crippen molar-refractivity contribution in [1.29, 1.82) is 0 Å². The number of likely N-dealkylation sites (tertiary alicyclic amines) is 1. The van der Waals surface area contributed by atoms with Crippen molar-refractivity contribution in [2.24, 2.45) is 5.16 Å². The molecule has 4 N–H and O–H groups in total. The van der Waals surface area contributed by atoms with Crippen molar-refractivity contribution in [2.45, 2.75) is 13.0 Å². The van der Waals surface area contributed by atoms with Crippen molar-refractivity contribution in [2.75, 3.05) is 30.7 Å². The maximum absolute atomic E-state index is 12.5. The largest absolute Gasteiger partial charge is 0.398 e. The summed E-state index contributed by atoms with van der Waals surface area (Å²) in [5.41, 5.74) is 5.50. The Morgan fingerprint density at radius 2 is 2.16 bits per heavy atom. The third kappa shape index (κ3) is 4.78. The lowest BCUT2D eigenvalue weighted by molar-refractivity contribution is -0.141. The Labute approximate surface area is 190 Å². The van der Waals surface area contributed by atoms with Crippen molar-refractivity contribution >= 4 is 67.6 Å². The van der Waals surface area contributed by atoms with E-state index in [-0.39, 0.29) is 28.9 Å². The van der Waals surface area contributed by atoms with Gasteiger partial charge >= 0.3 is 16.2 Å². The molecule has 0 radical (unpaired) electrons. The summed E-state index contributed by atoms with van der Waals surface area (Å²) in [4.78, 5) is 47.1. The highest BCUT2D eigenvalue weighted by Crippen LogP contribution is 2.19. The zero-order chi connectivity index (χ0) is 23.6. The second-order valence-electron chi connectivity index (χ2n) is 6.34. The van der Waals surface area contributed by atoms with Crippen LogP contribution in [0.1, 0.15) is 10.6 Å². The van der Waals surface area contributed by atoms with Gasteiger partial charge < -0.3 is 15.9 Å². The molecule has 1 saturated heterocycles. The van der Waals surface area contributed by atoms with E-state index in [2.05, 4.69) is 24.7 Å². The number of aromatic nitrogens is 2. The number of aryl methyl sites for hydroxylation is 1. The van der Waals surface area contributed by atoms with Crippen molar-refractivity contribution < 1.29 is 27.6 Å². The van der Waals surface area contributed by atoms with Gasteiger partial charge in [-0.15, -0.1) is 11.3 Å². The Balaban J connectivity index is 1.60. The first-order valence-electron chi connectivity index (χ1n) is 8.72. The first-order valence-corrected chi connectivity index (χ1v) is 11.8. The number of amides is 4. The summed E-state index contributed by atoms with van der Waals surface area (Å²) in [5.74, 6) is -1.45. The molecule has 0 saturated carbocycles. The van der Waals surface area contributed by atoms with E-state index in [1.54, 1.807) is 11.6 Å². The van der Waals surface area contributed by atoms with Crippen LogP contribution in [0.2, 0.25) is 0 Å². The number of nitrogens with zero attached hydrogens (tertiary/aromatic N) is 5. The number of thiazole rings is 1. The summed E-state index contributed by atoms with van der Waals surface area (Å²) in [7, 11) is -1.85. The number of β-lactam (4-membered cyclic amide) rings is 1. The molecule has 2 aromatic heterocycles. The summed E-state index contributed by atoms with van der Waals surface area (Å²) in [5, 5.41) is 7.68. The minimum absolute atomic E-state index is 0.125. The molecule has 0 spiro atoms. The molecule has 1 aliphatic rings. The van der Waals surface area contributed by atoms with Crippen LogP contribution in [0, 0.1) is 6.92 Å². The quantitative estimate of drug-likeness (QED) is 0.249. The van der Waals surface area contributed by atoms with Crippen LogP contribution in [0.3, 0.4) is 0 Å². The molecule has 1 atom stereocenters. The molecule has 3 rings (SSSR count). The van der Waals surface area contributed by atoms with E-state index in [1.807, 2.05) is 0 Å². The molecule has 1 fully saturated rings. The van der Waals surface area contributed by atoms with E-state index < -0.39 is 34.1 Å². The van der Waals surface area contributed by atoms with Gasteiger partial charge in [0.15, 0.2) is 16.7 Å². The zero-order valence-corrected chi connectivity index (χ0v) is 19.4. The number of nitrogens with one attached hydrogen (secondary N) is 2. The molecule has 1 aliphatic heterocycles. The Morgan fingerprint density at radius 1 is 1.44 bits per heavy atom. The first-order chi connectivity index (χ1) is 15.0. The fraction of sp³-hybridized carbons (Fsp3) is 0.333. The lowest BCUT2D eigenvalue weighted by Gasteiger charge is -2.36. The van der Waals surface area contributed by atoms with Crippen LogP contribution < -0.4 is 20.1 Å². The van der Waals surface area contributed by atoms with E-state index in [0.29, 0.717) is 4.90 Å². The predicted molar refractivity (Wildman–Crippen MR) is 116 cm³/mol.